The topological polar surface area (TPSA) is 29.5 Å². The van der Waals surface area contributed by atoms with Crippen LogP contribution in [0.3, 0.4) is 0 Å². The van der Waals surface area contributed by atoms with Gasteiger partial charge in [-0.1, -0.05) is 51.1 Å². The van der Waals surface area contributed by atoms with E-state index in [1.807, 2.05) is 6.07 Å². The molecule has 2 aliphatic rings. The summed E-state index contributed by atoms with van der Waals surface area (Å²) >= 11 is 0. The highest BCUT2D eigenvalue weighted by molar-refractivity contribution is 5.81. The molecular formula is C19H27NO2. The molecule has 3 atom stereocenters. The molecule has 0 unspecified atom stereocenters. The van der Waals surface area contributed by atoms with E-state index < -0.39 is 0 Å². The summed E-state index contributed by atoms with van der Waals surface area (Å²) < 4.78 is 5.47. The van der Waals surface area contributed by atoms with Gasteiger partial charge in [0.2, 0.25) is 0 Å². The lowest BCUT2D eigenvalue weighted by Gasteiger charge is -2.37. The third-order valence-corrected chi connectivity index (χ3v) is 5.32. The first-order valence-electron chi connectivity index (χ1n) is 8.28. The van der Waals surface area contributed by atoms with Crippen molar-refractivity contribution in [1.82, 2.24) is 4.90 Å². The third-order valence-electron chi connectivity index (χ3n) is 5.32. The van der Waals surface area contributed by atoms with Gasteiger partial charge < -0.3 is 4.74 Å². The first kappa shape index (κ1) is 15.5. The van der Waals surface area contributed by atoms with Crippen LogP contribution in [0.1, 0.15) is 39.7 Å². The molecule has 3 heteroatoms. The summed E-state index contributed by atoms with van der Waals surface area (Å²) in [6.07, 6.45) is 0.899. The normalized spacial score (nSPS) is 32.1. The van der Waals surface area contributed by atoms with Gasteiger partial charge in [-0.3, -0.25) is 9.69 Å². The van der Waals surface area contributed by atoms with Gasteiger partial charge in [-0.25, -0.2) is 0 Å². The smallest absolute Gasteiger partial charge is 0.314 e. The van der Waals surface area contributed by atoms with Crippen LogP contribution in [-0.2, 0) is 16.1 Å². The van der Waals surface area contributed by atoms with Crippen LogP contribution >= 0.6 is 0 Å². The lowest BCUT2D eigenvalue weighted by Crippen LogP contribution is -2.44. The lowest BCUT2D eigenvalue weighted by atomic mass is 9.66. The minimum absolute atomic E-state index is 0.0236. The number of carbonyl (C=O) groups excluding carboxylic acids is 1. The van der Waals surface area contributed by atoms with Crippen molar-refractivity contribution in [3.8, 4) is 0 Å². The molecule has 120 valence electrons. The highest BCUT2D eigenvalue weighted by Crippen LogP contribution is 2.53. The Hall–Kier alpha value is -1.35. The fraction of sp³-hybridized carbons (Fsp3) is 0.632. The molecule has 2 aliphatic heterocycles. The minimum Gasteiger partial charge on any atom is -0.465 e. The Bertz CT molecular complexity index is 548. The summed E-state index contributed by atoms with van der Waals surface area (Å²) in [5.74, 6) is 0.355. The van der Waals surface area contributed by atoms with Gasteiger partial charge in [0.25, 0.3) is 0 Å². The fourth-order valence-electron chi connectivity index (χ4n) is 4.38. The molecule has 0 spiro atoms. The zero-order valence-electron chi connectivity index (χ0n) is 14.1. The molecule has 0 aromatic heterocycles. The molecule has 2 fully saturated rings. The average molecular weight is 301 g/mol. The summed E-state index contributed by atoms with van der Waals surface area (Å²) in [6, 6.07) is 10.8. The Balaban J connectivity index is 1.85. The van der Waals surface area contributed by atoms with Gasteiger partial charge in [0.05, 0.1) is 12.0 Å². The van der Waals surface area contributed by atoms with Gasteiger partial charge in [0, 0.05) is 25.0 Å². The van der Waals surface area contributed by atoms with Crippen molar-refractivity contribution in [2.24, 2.45) is 16.7 Å². The second-order valence-corrected chi connectivity index (χ2v) is 8.16. The van der Waals surface area contributed by atoms with E-state index in [-0.39, 0.29) is 22.8 Å². The second kappa shape index (κ2) is 5.38. The number of carbonyl (C=O) groups is 1. The quantitative estimate of drug-likeness (QED) is 0.800. The van der Waals surface area contributed by atoms with Crippen LogP contribution in [0.5, 0.6) is 0 Å². The number of benzene rings is 1. The zero-order valence-corrected chi connectivity index (χ0v) is 14.1. The highest BCUT2D eigenvalue weighted by Gasteiger charge is 2.62. The SMILES string of the molecule is C[C@@H]1N(Cc2ccccc2)C[C@H]2COC(=O)[C@]21CC(C)(C)C. The summed E-state index contributed by atoms with van der Waals surface area (Å²) in [5, 5.41) is 0. The Morgan fingerprint density at radius 2 is 1.95 bits per heavy atom. The summed E-state index contributed by atoms with van der Waals surface area (Å²) in [4.78, 5) is 15.1. The van der Waals surface area contributed by atoms with Crippen molar-refractivity contribution < 1.29 is 9.53 Å². The Morgan fingerprint density at radius 1 is 1.27 bits per heavy atom. The van der Waals surface area contributed by atoms with Crippen LogP contribution in [0.2, 0.25) is 0 Å². The number of rotatable bonds is 3. The molecule has 3 nitrogen and oxygen atoms in total. The number of hydrogen-bond acceptors (Lipinski definition) is 3. The predicted molar refractivity (Wildman–Crippen MR) is 87.3 cm³/mol. The molecular weight excluding hydrogens is 274 g/mol. The Kier molecular flexibility index (Phi) is 3.80. The van der Waals surface area contributed by atoms with Crippen molar-refractivity contribution in [1.29, 1.82) is 0 Å². The first-order chi connectivity index (χ1) is 10.3. The Labute approximate surface area is 133 Å². The zero-order chi connectivity index (χ0) is 16.0. The third kappa shape index (κ3) is 2.56. The minimum atomic E-state index is -0.326. The van der Waals surface area contributed by atoms with Crippen molar-refractivity contribution in [2.75, 3.05) is 13.2 Å². The van der Waals surface area contributed by atoms with Gasteiger partial charge in [-0.05, 0) is 24.3 Å². The van der Waals surface area contributed by atoms with Crippen molar-refractivity contribution >= 4 is 5.97 Å². The maximum atomic E-state index is 12.6. The van der Waals surface area contributed by atoms with E-state index in [0.29, 0.717) is 12.5 Å². The van der Waals surface area contributed by atoms with E-state index in [4.69, 9.17) is 4.74 Å². The van der Waals surface area contributed by atoms with Crippen LogP contribution in [-0.4, -0.2) is 30.1 Å². The van der Waals surface area contributed by atoms with Crippen LogP contribution < -0.4 is 0 Å². The van der Waals surface area contributed by atoms with Gasteiger partial charge in [-0.15, -0.1) is 0 Å². The number of likely N-dealkylation sites (tertiary alicyclic amines) is 1. The molecule has 3 rings (SSSR count). The summed E-state index contributed by atoms with van der Waals surface area (Å²) in [5.41, 5.74) is 1.11. The van der Waals surface area contributed by atoms with Gasteiger partial charge in [0.15, 0.2) is 0 Å². The molecule has 0 bridgehead atoms. The highest BCUT2D eigenvalue weighted by atomic mass is 16.5. The van der Waals surface area contributed by atoms with Crippen LogP contribution in [0.15, 0.2) is 30.3 Å². The molecule has 0 amide bonds. The van der Waals surface area contributed by atoms with Crippen molar-refractivity contribution in [2.45, 2.75) is 46.7 Å². The van der Waals surface area contributed by atoms with E-state index >= 15 is 0 Å². The van der Waals surface area contributed by atoms with Gasteiger partial charge in [0.1, 0.15) is 0 Å². The van der Waals surface area contributed by atoms with E-state index in [9.17, 15) is 4.79 Å². The molecule has 0 N–H and O–H groups in total. The monoisotopic (exact) mass is 301 g/mol. The van der Waals surface area contributed by atoms with Gasteiger partial charge >= 0.3 is 5.97 Å². The van der Waals surface area contributed by atoms with E-state index in [0.717, 1.165) is 19.5 Å². The molecule has 0 aliphatic carbocycles. The molecule has 2 heterocycles. The molecule has 1 aromatic carbocycles. The standard InChI is InChI=1S/C19H27NO2/c1-14-19(13-18(2,3)4)16(12-22-17(19)21)11-20(14)10-15-8-6-5-7-9-15/h5-9,14,16H,10-13H2,1-4H3/t14-,16-,19-/m0/s1. The molecule has 2 saturated heterocycles. The largest absolute Gasteiger partial charge is 0.465 e. The average Bonchev–Trinajstić information content (AvgIpc) is 2.87. The number of hydrogen-bond donors (Lipinski definition) is 0. The number of fused-ring (bicyclic) bond motifs is 1. The number of ether oxygens (including phenoxy) is 1. The Morgan fingerprint density at radius 3 is 2.59 bits per heavy atom. The molecule has 0 radical (unpaired) electrons. The lowest BCUT2D eigenvalue weighted by molar-refractivity contribution is -0.150. The maximum Gasteiger partial charge on any atom is 0.314 e. The molecule has 0 saturated carbocycles. The predicted octanol–water partition coefficient (Wildman–Crippen LogP) is 3.49. The summed E-state index contributed by atoms with van der Waals surface area (Å²) in [6.45, 7) is 11.3. The first-order valence-corrected chi connectivity index (χ1v) is 8.28. The van der Waals surface area contributed by atoms with Crippen LogP contribution in [0.25, 0.3) is 0 Å². The van der Waals surface area contributed by atoms with E-state index in [2.05, 4.69) is 56.9 Å². The van der Waals surface area contributed by atoms with E-state index in [1.165, 1.54) is 5.56 Å². The number of nitrogens with zero attached hydrogens (tertiary/aromatic N) is 1. The molecule has 22 heavy (non-hydrogen) atoms. The summed E-state index contributed by atoms with van der Waals surface area (Å²) in [7, 11) is 0. The fourth-order valence-corrected chi connectivity index (χ4v) is 4.38. The second-order valence-electron chi connectivity index (χ2n) is 8.16. The maximum absolute atomic E-state index is 12.6. The van der Waals surface area contributed by atoms with Crippen molar-refractivity contribution in [3.63, 3.8) is 0 Å². The van der Waals surface area contributed by atoms with E-state index in [1.54, 1.807) is 0 Å². The molecule has 1 aromatic rings. The van der Waals surface area contributed by atoms with Crippen molar-refractivity contribution in [3.05, 3.63) is 35.9 Å². The van der Waals surface area contributed by atoms with Crippen LogP contribution in [0.4, 0.5) is 0 Å². The van der Waals surface area contributed by atoms with Gasteiger partial charge in [-0.2, -0.15) is 0 Å². The number of cyclic esters (lactones) is 1. The van der Waals surface area contributed by atoms with Crippen LogP contribution in [0, 0.1) is 16.7 Å². The number of esters is 1.